The molecule has 0 unspecified atom stereocenters. The van der Waals surface area contributed by atoms with E-state index in [1.165, 1.54) is 56.6 Å². The van der Waals surface area contributed by atoms with E-state index in [9.17, 15) is 4.39 Å². The van der Waals surface area contributed by atoms with Gasteiger partial charge in [0.15, 0.2) is 0 Å². The molecule has 0 fully saturated rings. The van der Waals surface area contributed by atoms with Crippen LogP contribution in [-0.4, -0.2) is 0 Å². The number of halogens is 1. The number of anilines is 3. The maximum absolute atomic E-state index is 14.0. The molecule has 0 heterocycles. The molecule has 1 aliphatic carbocycles. The van der Waals surface area contributed by atoms with Crippen molar-refractivity contribution in [1.82, 2.24) is 0 Å². The van der Waals surface area contributed by atoms with E-state index in [-0.39, 0.29) is 11.2 Å². The molecular formula is C61H44FN. The first-order valence-corrected chi connectivity index (χ1v) is 21.7. The molecular weight excluding hydrogens is 766 g/mol. The molecule has 10 aromatic rings. The van der Waals surface area contributed by atoms with Crippen LogP contribution in [-0.2, 0) is 5.41 Å². The van der Waals surface area contributed by atoms with E-state index >= 15 is 0 Å². The minimum atomic E-state index is -0.238. The molecule has 0 aliphatic heterocycles. The van der Waals surface area contributed by atoms with Crippen molar-refractivity contribution in [2.75, 3.05) is 4.90 Å². The Labute approximate surface area is 369 Å². The fraction of sp³-hybridized carbons (Fsp3) is 0.0492. The number of rotatable bonds is 8. The monoisotopic (exact) mass is 809 g/mol. The number of benzene rings is 10. The van der Waals surface area contributed by atoms with Gasteiger partial charge in [0.1, 0.15) is 5.82 Å². The highest BCUT2D eigenvalue weighted by molar-refractivity contribution is 6.06. The largest absolute Gasteiger partial charge is 0.310 e. The van der Waals surface area contributed by atoms with E-state index in [1.54, 1.807) is 0 Å². The van der Waals surface area contributed by atoms with E-state index in [0.717, 1.165) is 61.2 Å². The summed E-state index contributed by atoms with van der Waals surface area (Å²) in [5.74, 6) is -0.238. The summed E-state index contributed by atoms with van der Waals surface area (Å²) in [6, 6.07) is 81.5. The second-order valence-corrected chi connectivity index (χ2v) is 17.0. The predicted octanol–water partition coefficient (Wildman–Crippen LogP) is 17.1. The zero-order valence-corrected chi connectivity index (χ0v) is 35.3. The van der Waals surface area contributed by atoms with Gasteiger partial charge in [-0.1, -0.05) is 202 Å². The summed E-state index contributed by atoms with van der Waals surface area (Å²) in [6.45, 7) is 4.68. The van der Waals surface area contributed by atoms with E-state index in [4.69, 9.17) is 0 Å². The maximum Gasteiger partial charge on any atom is 0.123 e. The van der Waals surface area contributed by atoms with Gasteiger partial charge in [-0.3, -0.25) is 0 Å². The van der Waals surface area contributed by atoms with Crippen molar-refractivity contribution in [2.24, 2.45) is 0 Å². The molecule has 63 heavy (non-hydrogen) atoms. The summed E-state index contributed by atoms with van der Waals surface area (Å²) in [5, 5.41) is 2.29. The highest BCUT2D eigenvalue weighted by Gasteiger charge is 2.36. The summed E-state index contributed by atoms with van der Waals surface area (Å²) >= 11 is 0. The van der Waals surface area contributed by atoms with Gasteiger partial charge < -0.3 is 4.90 Å². The summed E-state index contributed by atoms with van der Waals surface area (Å²) in [5.41, 5.74) is 20.0. The van der Waals surface area contributed by atoms with Crippen LogP contribution in [0.1, 0.15) is 25.0 Å². The highest BCUT2D eigenvalue weighted by Crippen LogP contribution is 2.52. The van der Waals surface area contributed by atoms with E-state index in [1.807, 2.05) is 12.1 Å². The molecule has 0 saturated carbocycles. The van der Waals surface area contributed by atoms with Gasteiger partial charge in [0.05, 0.1) is 5.69 Å². The van der Waals surface area contributed by atoms with Crippen LogP contribution in [0.15, 0.2) is 231 Å². The SMILES string of the molecule is CC1(C)c2ccccc2-c2c(-c3ccc(N(c4ccc(-c5cccc6cccc(-c7ccc(F)cc7)c56)cc4)c4ccccc4-c4ccc(-c5ccccc5)cc4)cc3)cccc21. The Kier molecular flexibility index (Phi) is 9.43. The fourth-order valence-electron chi connectivity index (χ4n) is 9.84. The quantitative estimate of drug-likeness (QED) is 0.148. The first kappa shape index (κ1) is 38.1. The lowest BCUT2D eigenvalue weighted by atomic mass is 9.82. The van der Waals surface area contributed by atoms with Gasteiger partial charge >= 0.3 is 0 Å². The average molecular weight is 810 g/mol. The molecule has 0 radical (unpaired) electrons. The molecule has 11 rings (SSSR count). The minimum absolute atomic E-state index is 0.0671. The van der Waals surface area contributed by atoms with Crippen LogP contribution in [0.3, 0.4) is 0 Å². The Morgan fingerprint density at radius 3 is 1.41 bits per heavy atom. The summed E-state index contributed by atoms with van der Waals surface area (Å²) in [4.78, 5) is 2.38. The molecule has 300 valence electrons. The summed E-state index contributed by atoms with van der Waals surface area (Å²) in [7, 11) is 0. The Morgan fingerprint density at radius 1 is 0.333 bits per heavy atom. The van der Waals surface area contributed by atoms with Gasteiger partial charge in [0, 0.05) is 22.4 Å². The average Bonchev–Trinajstić information content (AvgIpc) is 3.58. The molecule has 0 amide bonds. The highest BCUT2D eigenvalue weighted by atomic mass is 19.1. The normalized spacial score (nSPS) is 12.5. The predicted molar refractivity (Wildman–Crippen MR) is 263 cm³/mol. The molecule has 2 heteroatoms. The summed E-state index contributed by atoms with van der Waals surface area (Å²) in [6.07, 6.45) is 0. The Morgan fingerprint density at radius 2 is 0.762 bits per heavy atom. The van der Waals surface area contributed by atoms with Crippen molar-refractivity contribution in [3.8, 4) is 66.8 Å². The first-order valence-electron chi connectivity index (χ1n) is 21.7. The van der Waals surface area contributed by atoms with Gasteiger partial charge in [-0.2, -0.15) is 0 Å². The van der Waals surface area contributed by atoms with Crippen molar-refractivity contribution in [2.45, 2.75) is 19.3 Å². The maximum atomic E-state index is 14.0. The third kappa shape index (κ3) is 6.72. The lowest BCUT2D eigenvalue weighted by Crippen LogP contribution is -2.14. The number of fused-ring (bicyclic) bond motifs is 4. The number of para-hydroxylation sites is 1. The fourth-order valence-corrected chi connectivity index (χ4v) is 9.84. The molecule has 0 bridgehead atoms. The molecule has 0 atom stereocenters. The molecule has 10 aromatic carbocycles. The molecule has 0 N–H and O–H groups in total. The molecule has 0 saturated heterocycles. The topological polar surface area (TPSA) is 3.24 Å². The van der Waals surface area contributed by atoms with Crippen LogP contribution in [0.5, 0.6) is 0 Å². The molecule has 0 spiro atoms. The van der Waals surface area contributed by atoms with Crippen molar-refractivity contribution in [3.05, 3.63) is 247 Å². The van der Waals surface area contributed by atoms with Crippen LogP contribution in [0.25, 0.3) is 77.5 Å². The zero-order valence-electron chi connectivity index (χ0n) is 35.3. The minimum Gasteiger partial charge on any atom is -0.310 e. The van der Waals surface area contributed by atoms with E-state index in [0.29, 0.717) is 0 Å². The molecule has 1 aliphatic rings. The zero-order chi connectivity index (χ0) is 42.5. The first-order chi connectivity index (χ1) is 30.9. The van der Waals surface area contributed by atoms with Crippen molar-refractivity contribution < 1.29 is 4.39 Å². The van der Waals surface area contributed by atoms with Gasteiger partial charge in [0.2, 0.25) is 0 Å². The van der Waals surface area contributed by atoms with Crippen molar-refractivity contribution in [1.29, 1.82) is 0 Å². The molecule has 1 nitrogen and oxygen atoms in total. The van der Waals surface area contributed by atoms with E-state index < -0.39 is 0 Å². The third-order valence-corrected chi connectivity index (χ3v) is 13.0. The second-order valence-electron chi connectivity index (χ2n) is 17.0. The van der Waals surface area contributed by atoms with E-state index in [2.05, 4.69) is 225 Å². The Hall–Kier alpha value is -7.81. The number of hydrogen-bond donors (Lipinski definition) is 0. The number of nitrogens with zero attached hydrogens (tertiary/aromatic N) is 1. The van der Waals surface area contributed by atoms with Crippen molar-refractivity contribution in [3.63, 3.8) is 0 Å². The van der Waals surface area contributed by atoms with Gasteiger partial charge in [-0.15, -0.1) is 0 Å². The van der Waals surface area contributed by atoms with Crippen LogP contribution in [0, 0.1) is 5.82 Å². The third-order valence-electron chi connectivity index (χ3n) is 13.0. The van der Waals surface area contributed by atoms with Crippen LogP contribution in [0.4, 0.5) is 21.5 Å². The van der Waals surface area contributed by atoms with Gasteiger partial charge in [-0.05, 0) is 126 Å². The van der Waals surface area contributed by atoms with Gasteiger partial charge in [-0.25, -0.2) is 4.39 Å². The Balaban J connectivity index is 1.03. The van der Waals surface area contributed by atoms with Crippen LogP contribution >= 0.6 is 0 Å². The van der Waals surface area contributed by atoms with Crippen LogP contribution in [0.2, 0.25) is 0 Å². The van der Waals surface area contributed by atoms with Crippen molar-refractivity contribution >= 4 is 27.8 Å². The Bertz CT molecular complexity index is 3270. The second kappa shape index (κ2) is 15.6. The summed E-state index contributed by atoms with van der Waals surface area (Å²) < 4.78 is 14.0. The lowest BCUT2D eigenvalue weighted by molar-refractivity contribution is 0.628. The number of hydrogen-bond acceptors (Lipinski definition) is 1. The van der Waals surface area contributed by atoms with Gasteiger partial charge in [0.25, 0.3) is 0 Å². The van der Waals surface area contributed by atoms with Crippen LogP contribution < -0.4 is 4.90 Å². The lowest BCUT2D eigenvalue weighted by Gasteiger charge is -2.28. The molecule has 0 aromatic heterocycles. The standard InChI is InChI=1S/C61H44FN/c1-61(2)56-22-8-6-18-55(56)60-54(21-12-23-57(60)61)46-33-39-50(40-34-46)63(58-24-9-7-17-51(58)43-27-25-42(26-28-43)41-13-4-3-5-14-41)49-37-31-45(32-38-49)53-20-11-16-47-15-10-19-52(59(47)53)44-29-35-48(62)36-30-44/h3-40H,1-2H3. The smallest absolute Gasteiger partial charge is 0.123 e.